The Labute approximate surface area is 133 Å². The molecular weight excluding hydrogens is 333 g/mol. The largest absolute Gasteiger partial charge is 0.384 e. The van der Waals surface area contributed by atoms with Crippen LogP contribution >= 0.6 is 34.9 Å². The molecule has 1 amide bonds. The molecule has 3 rings (SSSR count). The van der Waals surface area contributed by atoms with E-state index in [2.05, 4.69) is 19.0 Å². The van der Waals surface area contributed by atoms with E-state index in [-0.39, 0.29) is 10.9 Å². The van der Waals surface area contributed by atoms with E-state index in [9.17, 15) is 4.79 Å². The molecule has 3 aromatic rings. The molecule has 2 heterocycles. The van der Waals surface area contributed by atoms with Crippen molar-refractivity contribution in [3.63, 3.8) is 0 Å². The Balaban J connectivity index is 2.00. The molecule has 0 aliphatic carbocycles. The molecule has 0 atom stereocenters. The lowest BCUT2D eigenvalue weighted by atomic mass is 10.2. The van der Waals surface area contributed by atoms with E-state index in [1.54, 1.807) is 12.1 Å². The fourth-order valence-electron chi connectivity index (χ4n) is 1.72. The maximum atomic E-state index is 12.2. The van der Waals surface area contributed by atoms with Crippen molar-refractivity contribution in [2.24, 2.45) is 0 Å². The van der Waals surface area contributed by atoms with Crippen molar-refractivity contribution in [1.82, 2.24) is 13.7 Å². The molecule has 0 bridgehead atoms. The van der Waals surface area contributed by atoms with Crippen molar-refractivity contribution >= 4 is 63.4 Å². The molecule has 3 N–H and O–H groups in total. The Morgan fingerprint density at radius 2 is 1.95 bits per heavy atom. The van der Waals surface area contributed by atoms with E-state index >= 15 is 0 Å². The summed E-state index contributed by atoms with van der Waals surface area (Å²) in [5, 5.41) is 3.37. The highest BCUT2D eigenvalue weighted by Crippen LogP contribution is 2.35. The third-order valence-corrected chi connectivity index (χ3v) is 3.85. The Bertz CT molecular complexity index is 834. The van der Waals surface area contributed by atoms with Crippen LogP contribution in [0.3, 0.4) is 0 Å². The first-order valence-corrected chi connectivity index (χ1v) is 7.18. The topological polar surface area (TPSA) is 93.8 Å². The van der Waals surface area contributed by atoms with Crippen molar-refractivity contribution in [3.05, 3.63) is 40.0 Å². The van der Waals surface area contributed by atoms with Gasteiger partial charge in [0.25, 0.3) is 5.91 Å². The first-order valence-electron chi connectivity index (χ1n) is 5.69. The molecular formula is C12H7Cl2N5OS. The normalized spacial score (nSPS) is 10.8. The summed E-state index contributed by atoms with van der Waals surface area (Å²) in [6, 6.07) is 4.63. The molecule has 0 radical (unpaired) electrons. The number of rotatable bonds is 2. The smallest absolute Gasteiger partial charge is 0.257 e. The number of carbonyl (C=O) groups excluding carboxylic acids is 1. The number of hydrogen-bond donors (Lipinski definition) is 2. The van der Waals surface area contributed by atoms with E-state index in [1.165, 1.54) is 12.3 Å². The SMILES string of the molecule is Nc1ccc(C(=O)Nc2c(Cl)cc(Cl)c3nsnc23)cn1. The van der Waals surface area contributed by atoms with Crippen LogP contribution in [0.1, 0.15) is 10.4 Å². The predicted octanol–water partition coefficient (Wildman–Crippen LogP) is 3.23. The summed E-state index contributed by atoms with van der Waals surface area (Å²) < 4.78 is 8.18. The highest BCUT2D eigenvalue weighted by Gasteiger charge is 2.17. The highest BCUT2D eigenvalue weighted by atomic mass is 35.5. The Kier molecular flexibility index (Phi) is 3.62. The third-order valence-electron chi connectivity index (χ3n) is 2.73. The van der Waals surface area contributed by atoms with Gasteiger partial charge >= 0.3 is 0 Å². The average molecular weight is 340 g/mol. The number of amides is 1. The molecule has 0 unspecified atom stereocenters. The summed E-state index contributed by atoms with van der Waals surface area (Å²) >= 11 is 13.1. The number of nitrogens with two attached hydrogens (primary N) is 1. The number of anilines is 2. The van der Waals surface area contributed by atoms with E-state index in [0.29, 0.717) is 33.1 Å². The zero-order chi connectivity index (χ0) is 15.0. The van der Waals surface area contributed by atoms with E-state index in [1.807, 2.05) is 0 Å². The highest BCUT2D eigenvalue weighted by molar-refractivity contribution is 7.00. The minimum atomic E-state index is -0.374. The number of nitrogens with zero attached hydrogens (tertiary/aromatic N) is 3. The van der Waals surface area contributed by atoms with Gasteiger partial charge in [0, 0.05) is 6.20 Å². The van der Waals surface area contributed by atoms with Crippen LogP contribution in [0.2, 0.25) is 10.0 Å². The summed E-state index contributed by atoms with van der Waals surface area (Å²) in [4.78, 5) is 16.1. The molecule has 2 aromatic heterocycles. The minimum absolute atomic E-state index is 0.289. The second-order valence-electron chi connectivity index (χ2n) is 4.10. The number of pyridine rings is 1. The van der Waals surface area contributed by atoms with Crippen molar-refractivity contribution in [2.45, 2.75) is 0 Å². The van der Waals surface area contributed by atoms with Crippen molar-refractivity contribution < 1.29 is 4.79 Å². The van der Waals surface area contributed by atoms with Gasteiger partial charge in [0.1, 0.15) is 16.9 Å². The molecule has 0 spiro atoms. The van der Waals surface area contributed by atoms with Gasteiger partial charge in [0.15, 0.2) is 0 Å². The number of hydrogen-bond acceptors (Lipinski definition) is 6. The summed E-state index contributed by atoms with van der Waals surface area (Å²) in [5.41, 5.74) is 7.16. The van der Waals surface area contributed by atoms with Crippen molar-refractivity contribution in [1.29, 1.82) is 0 Å². The second kappa shape index (κ2) is 5.44. The van der Waals surface area contributed by atoms with Crippen molar-refractivity contribution in [2.75, 3.05) is 11.1 Å². The quantitative estimate of drug-likeness (QED) is 0.747. The standard InChI is InChI=1S/C12H7Cl2N5OS/c13-6-3-7(14)10-11(19-21-18-10)9(6)17-12(20)5-1-2-8(15)16-4-5/h1-4H,(H2,15,16)(H,17,20). The lowest BCUT2D eigenvalue weighted by Crippen LogP contribution is -2.13. The molecule has 6 nitrogen and oxygen atoms in total. The van der Waals surface area contributed by atoms with Crippen LogP contribution in [0.5, 0.6) is 0 Å². The van der Waals surface area contributed by atoms with Crippen LogP contribution in [0.4, 0.5) is 11.5 Å². The molecule has 9 heteroatoms. The summed E-state index contributed by atoms with van der Waals surface area (Å²) in [7, 11) is 0. The van der Waals surface area contributed by atoms with Gasteiger partial charge in [-0.05, 0) is 18.2 Å². The van der Waals surface area contributed by atoms with E-state index in [0.717, 1.165) is 11.7 Å². The molecule has 0 fully saturated rings. The maximum absolute atomic E-state index is 12.2. The number of nitrogens with one attached hydrogen (secondary N) is 1. The molecule has 0 saturated carbocycles. The lowest BCUT2D eigenvalue weighted by molar-refractivity contribution is 0.102. The Morgan fingerprint density at radius 3 is 2.67 bits per heavy atom. The van der Waals surface area contributed by atoms with Crippen LogP contribution in [0.25, 0.3) is 11.0 Å². The predicted molar refractivity (Wildman–Crippen MR) is 84.0 cm³/mol. The Hall–Kier alpha value is -1.96. The lowest BCUT2D eigenvalue weighted by Gasteiger charge is -2.08. The number of aromatic nitrogens is 3. The van der Waals surface area contributed by atoms with Crippen LogP contribution in [0.15, 0.2) is 24.4 Å². The van der Waals surface area contributed by atoms with E-state index in [4.69, 9.17) is 28.9 Å². The van der Waals surface area contributed by atoms with Gasteiger partial charge in [-0.3, -0.25) is 4.79 Å². The summed E-state index contributed by atoms with van der Waals surface area (Å²) in [5.74, 6) is -0.0387. The zero-order valence-electron chi connectivity index (χ0n) is 10.3. The average Bonchev–Trinajstić information content (AvgIpc) is 2.93. The maximum Gasteiger partial charge on any atom is 0.257 e. The monoisotopic (exact) mass is 339 g/mol. The minimum Gasteiger partial charge on any atom is -0.384 e. The number of fused-ring (bicyclic) bond motifs is 1. The zero-order valence-corrected chi connectivity index (χ0v) is 12.6. The van der Waals surface area contributed by atoms with Crippen LogP contribution in [-0.4, -0.2) is 19.6 Å². The fourth-order valence-corrected chi connectivity index (χ4v) is 2.88. The van der Waals surface area contributed by atoms with E-state index < -0.39 is 0 Å². The molecule has 21 heavy (non-hydrogen) atoms. The molecule has 0 aliphatic rings. The number of halogens is 2. The van der Waals surface area contributed by atoms with Crippen LogP contribution in [-0.2, 0) is 0 Å². The van der Waals surface area contributed by atoms with Gasteiger partial charge in [-0.25, -0.2) is 4.98 Å². The summed E-state index contributed by atoms with van der Waals surface area (Å²) in [6.07, 6.45) is 1.38. The molecule has 106 valence electrons. The number of benzene rings is 1. The number of carbonyl (C=O) groups is 1. The molecule has 1 aromatic carbocycles. The van der Waals surface area contributed by atoms with Gasteiger partial charge < -0.3 is 11.1 Å². The summed E-state index contributed by atoms with van der Waals surface area (Å²) in [6.45, 7) is 0. The molecule has 0 aliphatic heterocycles. The van der Waals surface area contributed by atoms with Gasteiger partial charge in [0.05, 0.1) is 33.0 Å². The van der Waals surface area contributed by atoms with Gasteiger partial charge in [-0.2, -0.15) is 8.75 Å². The van der Waals surface area contributed by atoms with Gasteiger partial charge in [-0.15, -0.1) is 0 Å². The first-order chi connectivity index (χ1) is 10.1. The van der Waals surface area contributed by atoms with Crippen LogP contribution < -0.4 is 11.1 Å². The second-order valence-corrected chi connectivity index (χ2v) is 5.45. The first kappa shape index (κ1) is 14.0. The van der Waals surface area contributed by atoms with Crippen molar-refractivity contribution in [3.8, 4) is 0 Å². The van der Waals surface area contributed by atoms with Crippen LogP contribution in [0, 0.1) is 0 Å². The molecule has 0 saturated heterocycles. The Morgan fingerprint density at radius 1 is 1.19 bits per heavy atom. The van der Waals surface area contributed by atoms with Gasteiger partial charge in [0.2, 0.25) is 0 Å². The fraction of sp³-hybridized carbons (Fsp3) is 0. The number of nitrogen functional groups attached to an aromatic ring is 1. The third kappa shape index (κ3) is 2.63. The van der Waals surface area contributed by atoms with Gasteiger partial charge in [-0.1, -0.05) is 23.2 Å².